The van der Waals surface area contributed by atoms with Gasteiger partial charge in [0, 0.05) is 17.3 Å². The summed E-state index contributed by atoms with van der Waals surface area (Å²) in [5.74, 6) is -0.375. The van der Waals surface area contributed by atoms with Crippen molar-refractivity contribution >= 4 is 40.1 Å². The van der Waals surface area contributed by atoms with E-state index in [9.17, 15) is 9.59 Å². The molecular formula is C20H17N3O3S. The smallest absolute Gasteiger partial charge is 0.290 e. The maximum absolute atomic E-state index is 11.7. The van der Waals surface area contributed by atoms with E-state index in [0.717, 1.165) is 45.2 Å². The van der Waals surface area contributed by atoms with Gasteiger partial charge in [0.05, 0.1) is 10.6 Å². The van der Waals surface area contributed by atoms with Crippen molar-refractivity contribution in [3.05, 3.63) is 52.9 Å². The molecule has 0 aliphatic carbocycles. The SMILES string of the molecule is CC(C)(C)c1cc(-c2ccc(/C=C3\SC(=O)NC3=O)cn2)cc2ncoc12. The first-order valence-electron chi connectivity index (χ1n) is 8.40. The van der Waals surface area contributed by atoms with Crippen LogP contribution in [0.4, 0.5) is 4.79 Å². The molecule has 1 saturated heterocycles. The highest BCUT2D eigenvalue weighted by Gasteiger charge is 2.25. The minimum Gasteiger partial charge on any atom is -0.443 e. The molecule has 1 aliphatic rings. The molecule has 3 aromatic rings. The Labute approximate surface area is 160 Å². The molecule has 6 nitrogen and oxygen atoms in total. The Balaban J connectivity index is 1.71. The van der Waals surface area contributed by atoms with Crippen molar-refractivity contribution in [3.8, 4) is 11.3 Å². The van der Waals surface area contributed by atoms with Crippen molar-refractivity contribution in [1.29, 1.82) is 0 Å². The van der Waals surface area contributed by atoms with E-state index in [2.05, 4.69) is 42.1 Å². The second-order valence-electron chi connectivity index (χ2n) is 7.30. The van der Waals surface area contributed by atoms with Gasteiger partial charge in [0.15, 0.2) is 12.0 Å². The topological polar surface area (TPSA) is 85.1 Å². The average Bonchev–Trinajstić information content (AvgIpc) is 3.20. The molecule has 0 bridgehead atoms. The summed E-state index contributed by atoms with van der Waals surface area (Å²) in [7, 11) is 0. The largest absolute Gasteiger partial charge is 0.443 e. The molecule has 4 rings (SSSR count). The molecule has 1 aromatic carbocycles. The van der Waals surface area contributed by atoms with Crippen molar-refractivity contribution in [2.24, 2.45) is 0 Å². The zero-order valence-corrected chi connectivity index (χ0v) is 15.9. The second-order valence-corrected chi connectivity index (χ2v) is 8.32. The number of carbonyl (C=O) groups is 2. The van der Waals surface area contributed by atoms with E-state index in [1.54, 1.807) is 12.3 Å². The monoisotopic (exact) mass is 379 g/mol. The normalized spacial score (nSPS) is 16.3. The van der Waals surface area contributed by atoms with Crippen LogP contribution in [0.1, 0.15) is 31.9 Å². The van der Waals surface area contributed by atoms with E-state index in [1.165, 1.54) is 6.39 Å². The molecular weight excluding hydrogens is 362 g/mol. The molecule has 136 valence electrons. The van der Waals surface area contributed by atoms with Gasteiger partial charge in [-0.2, -0.15) is 0 Å². The van der Waals surface area contributed by atoms with Crippen LogP contribution >= 0.6 is 11.8 Å². The van der Waals surface area contributed by atoms with E-state index in [1.807, 2.05) is 18.2 Å². The van der Waals surface area contributed by atoms with E-state index in [0.29, 0.717) is 4.91 Å². The average molecular weight is 379 g/mol. The Morgan fingerprint density at radius 1 is 1.15 bits per heavy atom. The Morgan fingerprint density at radius 2 is 1.96 bits per heavy atom. The van der Waals surface area contributed by atoms with E-state index < -0.39 is 0 Å². The lowest BCUT2D eigenvalue weighted by atomic mass is 9.85. The number of thioether (sulfide) groups is 1. The zero-order chi connectivity index (χ0) is 19.2. The number of carbonyl (C=O) groups excluding carboxylic acids is 2. The highest BCUT2D eigenvalue weighted by atomic mass is 32.2. The predicted octanol–water partition coefficient (Wildman–Crippen LogP) is 4.51. The number of imide groups is 1. The number of amides is 2. The van der Waals surface area contributed by atoms with Crippen LogP contribution in [0.3, 0.4) is 0 Å². The second kappa shape index (κ2) is 6.35. The molecule has 27 heavy (non-hydrogen) atoms. The van der Waals surface area contributed by atoms with Gasteiger partial charge in [-0.3, -0.25) is 19.9 Å². The molecule has 1 N–H and O–H groups in total. The lowest BCUT2D eigenvalue weighted by Gasteiger charge is -2.19. The number of pyridine rings is 1. The molecule has 0 unspecified atom stereocenters. The first kappa shape index (κ1) is 17.5. The Bertz CT molecular complexity index is 1090. The number of nitrogens with one attached hydrogen (secondary N) is 1. The maximum Gasteiger partial charge on any atom is 0.290 e. The number of hydrogen-bond acceptors (Lipinski definition) is 6. The first-order chi connectivity index (χ1) is 12.8. The van der Waals surface area contributed by atoms with Gasteiger partial charge in [-0.05, 0) is 47.0 Å². The van der Waals surface area contributed by atoms with Gasteiger partial charge < -0.3 is 4.42 Å². The third-order valence-electron chi connectivity index (χ3n) is 4.26. The molecule has 7 heteroatoms. The minimum atomic E-state index is -0.375. The van der Waals surface area contributed by atoms with Crippen LogP contribution in [0, 0.1) is 0 Å². The van der Waals surface area contributed by atoms with Gasteiger partial charge in [-0.1, -0.05) is 26.8 Å². The molecule has 0 saturated carbocycles. The predicted molar refractivity (Wildman–Crippen MR) is 105 cm³/mol. The standard InChI is InChI=1S/C20H17N3O3S/c1-20(2,3)13-7-12(8-15-17(13)26-10-22-15)14-5-4-11(9-21-14)6-16-18(24)23-19(25)27-16/h4-10H,1-3H3,(H,23,24,25)/b16-6-. The van der Waals surface area contributed by atoms with E-state index >= 15 is 0 Å². The van der Waals surface area contributed by atoms with Crippen LogP contribution in [0.15, 0.2) is 46.2 Å². The molecule has 1 aliphatic heterocycles. The van der Waals surface area contributed by atoms with Crippen LogP contribution in [-0.2, 0) is 10.2 Å². The fourth-order valence-corrected chi connectivity index (χ4v) is 3.59. The fraction of sp³-hybridized carbons (Fsp3) is 0.200. The number of hydrogen-bond donors (Lipinski definition) is 1. The third-order valence-corrected chi connectivity index (χ3v) is 5.07. The summed E-state index contributed by atoms with van der Waals surface area (Å²) in [6, 6.07) is 7.79. The quantitative estimate of drug-likeness (QED) is 0.659. The lowest BCUT2D eigenvalue weighted by molar-refractivity contribution is -0.115. The number of nitrogens with zero attached hydrogens (tertiary/aromatic N) is 2. The summed E-state index contributed by atoms with van der Waals surface area (Å²) in [4.78, 5) is 32.1. The van der Waals surface area contributed by atoms with Crippen LogP contribution in [0.2, 0.25) is 0 Å². The number of oxazole rings is 1. The highest BCUT2D eigenvalue weighted by Crippen LogP contribution is 2.34. The molecule has 1 fully saturated rings. The third kappa shape index (κ3) is 3.38. The lowest BCUT2D eigenvalue weighted by Crippen LogP contribution is -2.17. The molecule has 0 atom stereocenters. The maximum atomic E-state index is 11.7. The number of benzene rings is 1. The summed E-state index contributed by atoms with van der Waals surface area (Å²) in [5.41, 5.74) is 5.06. The molecule has 2 amide bonds. The summed E-state index contributed by atoms with van der Waals surface area (Å²) < 4.78 is 5.57. The van der Waals surface area contributed by atoms with Crippen molar-refractivity contribution in [1.82, 2.24) is 15.3 Å². The first-order valence-corrected chi connectivity index (χ1v) is 9.22. The number of fused-ring (bicyclic) bond motifs is 1. The van der Waals surface area contributed by atoms with Crippen LogP contribution < -0.4 is 5.32 Å². The highest BCUT2D eigenvalue weighted by molar-refractivity contribution is 8.18. The Kier molecular flexibility index (Phi) is 4.11. The summed E-state index contributed by atoms with van der Waals surface area (Å²) >= 11 is 0.891. The zero-order valence-electron chi connectivity index (χ0n) is 15.1. The van der Waals surface area contributed by atoms with Gasteiger partial charge in [-0.25, -0.2) is 4.98 Å². The van der Waals surface area contributed by atoms with Crippen molar-refractivity contribution in [2.45, 2.75) is 26.2 Å². The molecule has 2 aromatic heterocycles. The summed E-state index contributed by atoms with van der Waals surface area (Å²) in [6.07, 6.45) is 4.80. The van der Waals surface area contributed by atoms with Gasteiger partial charge in [0.25, 0.3) is 11.1 Å². The van der Waals surface area contributed by atoms with Gasteiger partial charge >= 0.3 is 0 Å². The van der Waals surface area contributed by atoms with Crippen LogP contribution in [0.5, 0.6) is 0 Å². The summed E-state index contributed by atoms with van der Waals surface area (Å²) in [6.45, 7) is 6.38. The van der Waals surface area contributed by atoms with Crippen molar-refractivity contribution in [3.63, 3.8) is 0 Å². The van der Waals surface area contributed by atoms with Gasteiger partial charge in [0.2, 0.25) is 0 Å². The molecule has 3 heterocycles. The van der Waals surface area contributed by atoms with Crippen LogP contribution in [0.25, 0.3) is 28.4 Å². The summed E-state index contributed by atoms with van der Waals surface area (Å²) in [5, 5.41) is 1.88. The number of rotatable bonds is 2. The molecule has 0 radical (unpaired) electrons. The van der Waals surface area contributed by atoms with E-state index in [4.69, 9.17) is 4.42 Å². The Hall–Kier alpha value is -2.93. The fourth-order valence-electron chi connectivity index (χ4n) is 2.91. The van der Waals surface area contributed by atoms with Crippen molar-refractivity contribution < 1.29 is 14.0 Å². The molecule has 0 spiro atoms. The van der Waals surface area contributed by atoms with Gasteiger partial charge in [-0.15, -0.1) is 0 Å². The van der Waals surface area contributed by atoms with E-state index in [-0.39, 0.29) is 16.6 Å². The number of aromatic nitrogens is 2. The van der Waals surface area contributed by atoms with Crippen LogP contribution in [-0.4, -0.2) is 21.1 Å². The van der Waals surface area contributed by atoms with Gasteiger partial charge in [0.1, 0.15) is 5.52 Å². The minimum absolute atomic E-state index is 0.0995. The van der Waals surface area contributed by atoms with Crippen molar-refractivity contribution in [2.75, 3.05) is 0 Å². The Morgan fingerprint density at radius 3 is 2.59 bits per heavy atom.